The van der Waals surface area contributed by atoms with Gasteiger partial charge in [-0.1, -0.05) is 39.8 Å². The molecule has 0 fully saturated rings. The maximum atomic E-state index is 13.6. The van der Waals surface area contributed by atoms with Crippen molar-refractivity contribution in [2.45, 2.75) is 60.0 Å². The first-order valence-corrected chi connectivity index (χ1v) is 10.0. The Morgan fingerprint density at radius 1 is 1.00 bits per heavy atom. The lowest BCUT2D eigenvalue weighted by Crippen LogP contribution is -2.16. The van der Waals surface area contributed by atoms with Gasteiger partial charge in [0.1, 0.15) is 5.82 Å². The van der Waals surface area contributed by atoms with Gasteiger partial charge < -0.3 is 14.2 Å². The normalized spacial score (nSPS) is 11.2. The summed E-state index contributed by atoms with van der Waals surface area (Å²) < 4.78 is 30.0. The zero-order chi connectivity index (χ0) is 21.6. The van der Waals surface area contributed by atoms with Crippen LogP contribution in [-0.4, -0.2) is 24.4 Å². The molecule has 0 amide bonds. The molecule has 2 rings (SSSR count). The second-order valence-corrected chi connectivity index (χ2v) is 7.30. The van der Waals surface area contributed by atoms with Crippen LogP contribution in [-0.2, 0) is 16.1 Å². The van der Waals surface area contributed by atoms with Crippen LogP contribution in [0.3, 0.4) is 0 Å². The number of pyridine rings is 1. The summed E-state index contributed by atoms with van der Waals surface area (Å²) in [6.45, 7) is 12.8. The SMILES string of the molecule is CCOCc1c(C(C)C)nc(C(C)C)c(OC(=O)OCC)c1-c1ccc(F)cc1. The van der Waals surface area contributed by atoms with Gasteiger partial charge in [-0.05, 0) is 43.4 Å². The van der Waals surface area contributed by atoms with E-state index in [9.17, 15) is 9.18 Å². The van der Waals surface area contributed by atoms with Crippen molar-refractivity contribution in [1.82, 2.24) is 4.98 Å². The standard InChI is InChI=1S/C23H30FNO4/c1-7-27-13-18-19(16-9-11-17(24)12-10-16)22(29-23(26)28-8-2)21(15(5)6)25-20(18)14(3)4/h9-12,14-15H,7-8,13H2,1-6H3. The lowest BCUT2D eigenvalue weighted by Gasteiger charge is -2.24. The van der Waals surface area contributed by atoms with Crippen LogP contribution < -0.4 is 4.74 Å². The number of nitrogens with zero attached hydrogens (tertiary/aromatic N) is 1. The molecule has 0 aliphatic rings. The van der Waals surface area contributed by atoms with Gasteiger partial charge in [-0.2, -0.15) is 0 Å². The van der Waals surface area contributed by atoms with E-state index in [1.165, 1.54) is 12.1 Å². The summed E-state index contributed by atoms with van der Waals surface area (Å²) in [5.41, 5.74) is 3.77. The Bertz CT molecular complexity index is 832. The summed E-state index contributed by atoms with van der Waals surface area (Å²) >= 11 is 0. The molecule has 1 aromatic heterocycles. The molecule has 0 N–H and O–H groups in total. The van der Waals surface area contributed by atoms with E-state index < -0.39 is 6.16 Å². The first kappa shape index (κ1) is 22.8. The highest BCUT2D eigenvalue weighted by Crippen LogP contribution is 2.42. The Kier molecular flexibility index (Phi) is 8.14. The summed E-state index contributed by atoms with van der Waals surface area (Å²) in [5.74, 6) is 0.121. The first-order chi connectivity index (χ1) is 13.8. The van der Waals surface area contributed by atoms with Crippen LogP contribution in [0.15, 0.2) is 24.3 Å². The van der Waals surface area contributed by atoms with Gasteiger partial charge in [-0.15, -0.1) is 0 Å². The molecule has 1 aromatic carbocycles. The average molecular weight is 403 g/mol. The minimum absolute atomic E-state index is 0.00253. The lowest BCUT2D eigenvalue weighted by molar-refractivity contribution is 0.103. The van der Waals surface area contributed by atoms with Crippen molar-refractivity contribution in [3.8, 4) is 16.9 Å². The molecule has 0 saturated carbocycles. The smallest absolute Gasteiger partial charge is 0.434 e. The average Bonchev–Trinajstić information content (AvgIpc) is 2.66. The van der Waals surface area contributed by atoms with Crippen LogP contribution in [0.2, 0.25) is 0 Å². The molecule has 0 spiro atoms. The van der Waals surface area contributed by atoms with Crippen molar-refractivity contribution in [1.29, 1.82) is 0 Å². The van der Waals surface area contributed by atoms with Crippen LogP contribution in [0, 0.1) is 5.82 Å². The highest BCUT2D eigenvalue weighted by molar-refractivity contribution is 5.79. The summed E-state index contributed by atoms with van der Waals surface area (Å²) in [6, 6.07) is 6.12. The largest absolute Gasteiger partial charge is 0.513 e. The predicted molar refractivity (Wildman–Crippen MR) is 111 cm³/mol. The third-order valence-corrected chi connectivity index (χ3v) is 4.44. The molecule has 158 valence electrons. The fraction of sp³-hybridized carbons (Fsp3) is 0.478. The molecule has 0 saturated heterocycles. The summed E-state index contributed by atoms with van der Waals surface area (Å²) in [6.07, 6.45) is -0.792. The summed E-state index contributed by atoms with van der Waals surface area (Å²) in [4.78, 5) is 17.1. The molecule has 2 aromatic rings. The lowest BCUT2D eigenvalue weighted by atomic mass is 9.91. The van der Waals surface area contributed by atoms with E-state index in [2.05, 4.69) is 13.8 Å². The van der Waals surface area contributed by atoms with Gasteiger partial charge in [0.25, 0.3) is 0 Å². The van der Waals surface area contributed by atoms with Crippen LogP contribution in [0.5, 0.6) is 5.75 Å². The van der Waals surface area contributed by atoms with E-state index in [-0.39, 0.29) is 24.3 Å². The first-order valence-electron chi connectivity index (χ1n) is 10.0. The van der Waals surface area contributed by atoms with Gasteiger partial charge in [-0.3, -0.25) is 4.98 Å². The van der Waals surface area contributed by atoms with E-state index in [4.69, 9.17) is 19.2 Å². The van der Waals surface area contributed by atoms with E-state index in [0.29, 0.717) is 30.2 Å². The Labute approximate surface area is 172 Å². The number of ether oxygens (including phenoxy) is 3. The van der Waals surface area contributed by atoms with Crippen molar-refractivity contribution in [3.63, 3.8) is 0 Å². The van der Waals surface area contributed by atoms with Gasteiger partial charge in [0, 0.05) is 23.4 Å². The molecule has 1 heterocycles. The zero-order valence-corrected chi connectivity index (χ0v) is 18.0. The molecule has 0 aliphatic carbocycles. The van der Waals surface area contributed by atoms with Gasteiger partial charge >= 0.3 is 6.16 Å². The van der Waals surface area contributed by atoms with Crippen molar-refractivity contribution in [2.75, 3.05) is 13.2 Å². The fourth-order valence-corrected chi connectivity index (χ4v) is 3.12. The highest BCUT2D eigenvalue weighted by Gasteiger charge is 2.27. The number of aromatic nitrogens is 1. The topological polar surface area (TPSA) is 57.7 Å². The molecule has 5 nitrogen and oxygen atoms in total. The Morgan fingerprint density at radius 3 is 2.14 bits per heavy atom. The molecular formula is C23H30FNO4. The molecule has 0 unspecified atom stereocenters. The Balaban J connectivity index is 2.85. The van der Waals surface area contributed by atoms with Crippen molar-refractivity contribution in [2.24, 2.45) is 0 Å². The third kappa shape index (κ3) is 5.54. The van der Waals surface area contributed by atoms with Gasteiger partial charge in [-0.25, -0.2) is 9.18 Å². The number of rotatable bonds is 8. The molecule has 0 bridgehead atoms. The number of halogens is 1. The monoisotopic (exact) mass is 403 g/mol. The van der Waals surface area contributed by atoms with Gasteiger partial charge in [0.15, 0.2) is 5.75 Å². The Hall–Kier alpha value is -2.47. The molecule has 0 radical (unpaired) electrons. The van der Waals surface area contributed by atoms with Crippen molar-refractivity contribution < 1.29 is 23.4 Å². The summed E-state index contributed by atoms with van der Waals surface area (Å²) in [5, 5.41) is 0. The van der Waals surface area contributed by atoms with Crippen molar-refractivity contribution in [3.05, 3.63) is 47.0 Å². The van der Waals surface area contributed by atoms with Crippen LogP contribution in [0.4, 0.5) is 9.18 Å². The highest BCUT2D eigenvalue weighted by atomic mass is 19.1. The minimum atomic E-state index is -0.792. The number of hydrogen-bond donors (Lipinski definition) is 0. The van der Waals surface area contributed by atoms with Gasteiger partial charge in [0.05, 0.1) is 18.9 Å². The number of benzene rings is 1. The fourth-order valence-electron chi connectivity index (χ4n) is 3.12. The number of hydrogen-bond acceptors (Lipinski definition) is 5. The van der Waals surface area contributed by atoms with Crippen LogP contribution in [0.25, 0.3) is 11.1 Å². The molecular weight excluding hydrogens is 373 g/mol. The maximum absolute atomic E-state index is 13.6. The maximum Gasteiger partial charge on any atom is 0.513 e. The van der Waals surface area contributed by atoms with Gasteiger partial charge in [0.2, 0.25) is 0 Å². The predicted octanol–water partition coefficient (Wildman–Crippen LogP) is 6.21. The molecule has 29 heavy (non-hydrogen) atoms. The quantitative estimate of drug-likeness (QED) is 0.491. The van der Waals surface area contributed by atoms with Crippen molar-refractivity contribution >= 4 is 6.16 Å². The van der Waals surface area contributed by atoms with Crippen LogP contribution in [0.1, 0.15) is 70.3 Å². The van der Waals surface area contributed by atoms with E-state index >= 15 is 0 Å². The minimum Gasteiger partial charge on any atom is -0.434 e. The number of carbonyl (C=O) groups excluding carboxylic acids is 1. The number of carbonyl (C=O) groups is 1. The Morgan fingerprint density at radius 2 is 1.62 bits per heavy atom. The second-order valence-electron chi connectivity index (χ2n) is 7.30. The zero-order valence-electron chi connectivity index (χ0n) is 18.0. The van der Waals surface area contributed by atoms with E-state index in [0.717, 1.165) is 16.8 Å². The van der Waals surface area contributed by atoms with E-state index in [1.54, 1.807) is 19.1 Å². The molecule has 0 atom stereocenters. The van der Waals surface area contributed by atoms with Crippen LogP contribution >= 0.6 is 0 Å². The van der Waals surface area contributed by atoms with E-state index in [1.807, 2.05) is 20.8 Å². The molecule has 6 heteroatoms. The second kappa shape index (κ2) is 10.3. The third-order valence-electron chi connectivity index (χ3n) is 4.44. The molecule has 0 aliphatic heterocycles. The summed E-state index contributed by atoms with van der Waals surface area (Å²) in [7, 11) is 0.